The fourth-order valence-corrected chi connectivity index (χ4v) is 3.61. The smallest absolute Gasteiger partial charge is 0.255 e. The van der Waals surface area contributed by atoms with Gasteiger partial charge in [0.25, 0.3) is 5.91 Å². The molecule has 1 amide bonds. The van der Waals surface area contributed by atoms with E-state index in [9.17, 15) is 4.79 Å². The molecule has 1 heterocycles. The van der Waals surface area contributed by atoms with Crippen LogP contribution in [0.25, 0.3) is 0 Å². The maximum Gasteiger partial charge on any atom is 0.255 e. The Bertz CT molecular complexity index is 776. The highest BCUT2D eigenvalue weighted by atomic mass is 35.5. The molecule has 0 spiro atoms. The van der Waals surface area contributed by atoms with Crippen LogP contribution in [0.5, 0.6) is 0 Å². The maximum atomic E-state index is 12.4. The van der Waals surface area contributed by atoms with Gasteiger partial charge in [0.1, 0.15) is 0 Å². The van der Waals surface area contributed by atoms with Gasteiger partial charge in [0, 0.05) is 36.4 Å². The molecule has 29 heavy (non-hydrogen) atoms. The summed E-state index contributed by atoms with van der Waals surface area (Å²) in [5, 5.41) is 6.47. The second kappa shape index (κ2) is 11.5. The molecule has 1 saturated heterocycles. The molecule has 160 valence electrons. The zero-order valence-corrected chi connectivity index (χ0v) is 18.6. The van der Waals surface area contributed by atoms with Crippen LogP contribution in [0.1, 0.15) is 36.0 Å². The number of nitrogens with zero attached hydrogens (tertiary/aromatic N) is 1. The summed E-state index contributed by atoms with van der Waals surface area (Å²) in [7, 11) is 0. The molecule has 0 unspecified atom stereocenters. The normalized spacial score (nSPS) is 16.6. The third-order valence-corrected chi connectivity index (χ3v) is 5.32. The molecule has 0 radical (unpaired) electrons. The predicted molar refractivity (Wildman–Crippen MR) is 128 cm³/mol. The first kappa shape index (κ1) is 25.4. The molecule has 1 aliphatic carbocycles. The monoisotopic (exact) mass is 458 g/mol. The molecule has 2 fully saturated rings. The number of carbonyl (C=O) groups is 1. The Labute approximate surface area is 191 Å². The Hall–Kier alpha value is -1.66. The third-order valence-electron chi connectivity index (χ3n) is 5.32. The van der Waals surface area contributed by atoms with Gasteiger partial charge in [-0.25, -0.2) is 0 Å². The van der Waals surface area contributed by atoms with Crippen LogP contribution in [-0.2, 0) is 0 Å². The minimum atomic E-state index is -0.146. The van der Waals surface area contributed by atoms with E-state index < -0.39 is 0 Å². The van der Waals surface area contributed by atoms with Crippen molar-refractivity contribution in [3.63, 3.8) is 0 Å². The van der Waals surface area contributed by atoms with Gasteiger partial charge >= 0.3 is 0 Å². The molecule has 2 aromatic carbocycles. The lowest BCUT2D eigenvalue weighted by molar-refractivity contribution is 0.102. The molecule has 2 aromatic rings. The van der Waals surface area contributed by atoms with Crippen molar-refractivity contribution in [2.45, 2.75) is 37.8 Å². The van der Waals surface area contributed by atoms with E-state index in [1.165, 1.54) is 38.8 Å². The number of nitrogens with two attached hydrogens (primary N) is 1. The molecule has 4 N–H and O–H groups in total. The summed E-state index contributed by atoms with van der Waals surface area (Å²) in [5.41, 5.74) is 8.79. The van der Waals surface area contributed by atoms with Crippen LogP contribution >= 0.6 is 37.2 Å². The van der Waals surface area contributed by atoms with Crippen molar-refractivity contribution in [3.8, 4) is 0 Å². The second-order valence-electron chi connectivity index (χ2n) is 7.30. The average molecular weight is 460 g/mol. The Morgan fingerprint density at radius 2 is 1.52 bits per heavy atom. The fraction of sp³-hybridized carbons (Fsp3) is 0.381. The number of amides is 1. The fourth-order valence-electron chi connectivity index (χ4n) is 3.61. The lowest BCUT2D eigenvalue weighted by Gasteiger charge is -2.32. The molecule has 8 heteroatoms. The van der Waals surface area contributed by atoms with Gasteiger partial charge < -0.3 is 21.3 Å². The second-order valence-corrected chi connectivity index (χ2v) is 7.30. The summed E-state index contributed by atoms with van der Waals surface area (Å²) in [6.07, 6.45) is 5.14. The molecule has 1 saturated carbocycles. The summed E-state index contributed by atoms with van der Waals surface area (Å²) in [6.45, 7) is 2.39. The van der Waals surface area contributed by atoms with Crippen LogP contribution in [-0.4, -0.2) is 36.0 Å². The maximum absolute atomic E-state index is 12.4. The SMILES string of the molecule is Cl.Cl.Cl.Nc1ccccc1NC(=O)c1ccc(NC2CCN(C3CC3)CC2)cc1. The lowest BCUT2D eigenvalue weighted by Crippen LogP contribution is -2.40. The summed E-state index contributed by atoms with van der Waals surface area (Å²) in [6, 6.07) is 16.4. The van der Waals surface area contributed by atoms with Crippen LogP contribution in [0.15, 0.2) is 48.5 Å². The Morgan fingerprint density at radius 1 is 0.897 bits per heavy atom. The van der Waals surface area contributed by atoms with Crippen LogP contribution in [0.3, 0.4) is 0 Å². The quantitative estimate of drug-likeness (QED) is 0.560. The van der Waals surface area contributed by atoms with E-state index in [1.54, 1.807) is 12.1 Å². The van der Waals surface area contributed by atoms with E-state index in [-0.39, 0.29) is 43.1 Å². The van der Waals surface area contributed by atoms with E-state index in [0.717, 1.165) is 11.7 Å². The van der Waals surface area contributed by atoms with Gasteiger partial charge in [0.15, 0.2) is 0 Å². The summed E-state index contributed by atoms with van der Waals surface area (Å²) in [4.78, 5) is 15.0. The number of carbonyl (C=O) groups excluding carboxylic acids is 1. The minimum Gasteiger partial charge on any atom is -0.397 e. The molecule has 1 aliphatic heterocycles. The van der Waals surface area contributed by atoms with Gasteiger partial charge in [-0.3, -0.25) is 4.79 Å². The van der Waals surface area contributed by atoms with Crippen LogP contribution in [0.2, 0.25) is 0 Å². The molecule has 0 atom stereocenters. The zero-order chi connectivity index (χ0) is 17.9. The van der Waals surface area contributed by atoms with Gasteiger partial charge in [0.2, 0.25) is 0 Å². The standard InChI is InChI=1S/C21H26N4O.3ClH/c22-19-3-1-2-4-20(19)24-21(26)15-5-7-16(8-6-15)23-17-11-13-25(14-12-17)18-9-10-18;;;/h1-8,17-18,23H,9-14,22H2,(H,24,26);3*1H. The zero-order valence-electron chi connectivity index (χ0n) is 16.2. The Balaban J connectivity index is 0.00000140. The van der Waals surface area contributed by atoms with Gasteiger partial charge in [-0.05, 0) is 62.1 Å². The number of piperidine rings is 1. The number of rotatable bonds is 5. The first-order valence-electron chi connectivity index (χ1n) is 9.45. The van der Waals surface area contributed by atoms with Gasteiger partial charge in [-0.1, -0.05) is 12.1 Å². The number of halogens is 3. The number of hydrogen-bond donors (Lipinski definition) is 3. The van der Waals surface area contributed by atoms with Gasteiger partial charge in [0.05, 0.1) is 11.4 Å². The largest absolute Gasteiger partial charge is 0.397 e. The molecular weight excluding hydrogens is 431 g/mol. The van der Waals surface area contributed by atoms with E-state index in [4.69, 9.17) is 5.73 Å². The average Bonchev–Trinajstić information content (AvgIpc) is 3.50. The molecular formula is C21H29Cl3N4O. The van der Waals surface area contributed by atoms with Crippen molar-refractivity contribution >= 4 is 60.2 Å². The first-order chi connectivity index (χ1) is 12.7. The van der Waals surface area contributed by atoms with Crippen molar-refractivity contribution in [1.29, 1.82) is 0 Å². The minimum absolute atomic E-state index is 0. The Morgan fingerprint density at radius 3 is 2.10 bits per heavy atom. The van der Waals surface area contributed by atoms with Crippen molar-refractivity contribution in [2.75, 3.05) is 29.5 Å². The van der Waals surface area contributed by atoms with Crippen LogP contribution in [0, 0.1) is 0 Å². The van der Waals surface area contributed by atoms with E-state index in [0.29, 0.717) is 23.0 Å². The van der Waals surface area contributed by atoms with Crippen molar-refractivity contribution in [3.05, 3.63) is 54.1 Å². The van der Waals surface area contributed by atoms with Crippen LogP contribution in [0.4, 0.5) is 17.1 Å². The molecule has 0 aromatic heterocycles. The topological polar surface area (TPSA) is 70.4 Å². The lowest BCUT2D eigenvalue weighted by atomic mass is 10.0. The highest BCUT2D eigenvalue weighted by molar-refractivity contribution is 6.05. The summed E-state index contributed by atoms with van der Waals surface area (Å²) in [5.74, 6) is -0.146. The van der Waals surface area contributed by atoms with E-state index in [2.05, 4.69) is 15.5 Å². The van der Waals surface area contributed by atoms with Crippen molar-refractivity contribution < 1.29 is 4.79 Å². The molecule has 2 aliphatic rings. The van der Waals surface area contributed by atoms with Gasteiger partial charge in [-0.15, -0.1) is 37.2 Å². The number of anilines is 3. The number of nitrogen functional groups attached to an aromatic ring is 1. The van der Waals surface area contributed by atoms with E-state index >= 15 is 0 Å². The number of likely N-dealkylation sites (tertiary alicyclic amines) is 1. The first-order valence-corrected chi connectivity index (χ1v) is 9.45. The molecule has 0 bridgehead atoms. The molecule has 5 nitrogen and oxygen atoms in total. The number of benzene rings is 2. The van der Waals surface area contributed by atoms with Crippen LogP contribution < -0.4 is 16.4 Å². The summed E-state index contributed by atoms with van der Waals surface area (Å²) < 4.78 is 0. The number of hydrogen-bond acceptors (Lipinski definition) is 4. The summed E-state index contributed by atoms with van der Waals surface area (Å²) >= 11 is 0. The molecule has 4 rings (SSSR count). The number of para-hydroxylation sites is 2. The van der Waals surface area contributed by atoms with Gasteiger partial charge in [-0.2, -0.15) is 0 Å². The third kappa shape index (κ3) is 6.68. The highest BCUT2D eigenvalue weighted by Gasteiger charge is 2.31. The van der Waals surface area contributed by atoms with E-state index in [1.807, 2.05) is 36.4 Å². The Kier molecular flexibility index (Phi) is 10.1. The van der Waals surface area contributed by atoms with Crippen molar-refractivity contribution in [2.24, 2.45) is 0 Å². The predicted octanol–water partition coefficient (Wildman–Crippen LogP) is 4.83. The highest BCUT2D eigenvalue weighted by Crippen LogP contribution is 2.30. The number of nitrogens with one attached hydrogen (secondary N) is 2. The van der Waals surface area contributed by atoms with Crippen molar-refractivity contribution in [1.82, 2.24) is 4.90 Å².